The largest absolute Gasteiger partial charge is 0.338 e. The molecular weight excluding hydrogens is 427 g/mol. The van der Waals surface area contributed by atoms with Gasteiger partial charge in [-0.15, -0.1) is 0 Å². The van der Waals surface area contributed by atoms with Gasteiger partial charge < -0.3 is 9.88 Å². The van der Waals surface area contributed by atoms with Gasteiger partial charge in [0, 0.05) is 31.9 Å². The minimum Gasteiger partial charge on any atom is -0.338 e. The van der Waals surface area contributed by atoms with Crippen LogP contribution in [0.4, 0.5) is 5.69 Å². The summed E-state index contributed by atoms with van der Waals surface area (Å²) in [5, 5.41) is 3.84. The summed E-state index contributed by atoms with van der Waals surface area (Å²) >= 11 is 8.15. The average Bonchev–Trinajstić information content (AvgIpc) is 2.52. The number of aromatic nitrogens is 1. The highest BCUT2D eigenvalue weighted by molar-refractivity contribution is 14.1. The second kappa shape index (κ2) is 6.72. The minimum atomic E-state index is -0.161. The van der Waals surface area contributed by atoms with Crippen molar-refractivity contribution in [2.75, 3.05) is 5.32 Å². The number of nitrogens with one attached hydrogen (secondary N) is 1. The molecule has 1 heterocycles. The van der Waals surface area contributed by atoms with E-state index in [0.29, 0.717) is 15.9 Å². The van der Waals surface area contributed by atoms with E-state index in [1.807, 2.05) is 24.3 Å². The molecule has 0 fully saturated rings. The van der Waals surface area contributed by atoms with Crippen LogP contribution < -0.4 is 10.7 Å². The van der Waals surface area contributed by atoms with Gasteiger partial charge in [0.1, 0.15) is 6.54 Å². The lowest BCUT2D eigenvalue weighted by Gasteiger charge is -2.11. The maximum absolute atomic E-state index is 12.2. The van der Waals surface area contributed by atoms with Crippen LogP contribution in [0.1, 0.15) is 0 Å². The third-order valence-electron chi connectivity index (χ3n) is 3.38. The number of pyridine rings is 1. The molecule has 0 aliphatic heterocycles. The summed E-state index contributed by atoms with van der Waals surface area (Å²) in [5.74, 6) is -0.161. The van der Waals surface area contributed by atoms with Crippen LogP contribution in [0.15, 0.2) is 59.5 Å². The Kier molecular flexibility index (Phi) is 4.68. The normalized spacial score (nSPS) is 10.7. The zero-order valence-electron chi connectivity index (χ0n) is 11.9. The van der Waals surface area contributed by atoms with Crippen LogP contribution in [-0.4, -0.2) is 10.5 Å². The Balaban J connectivity index is 1.86. The van der Waals surface area contributed by atoms with E-state index in [-0.39, 0.29) is 17.9 Å². The molecule has 4 nitrogen and oxygen atoms in total. The highest BCUT2D eigenvalue weighted by atomic mass is 127. The van der Waals surface area contributed by atoms with Crippen molar-refractivity contribution in [2.24, 2.45) is 0 Å². The van der Waals surface area contributed by atoms with E-state index >= 15 is 0 Å². The first kappa shape index (κ1) is 16.0. The number of fused-ring (bicyclic) bond motifs is 1. The number of amides is 1. The van der Waals surface area contributed by atoms with Crippen molar-refractivity contribution in [2.45, 2.75) is 6.54 Å². The third-order valence-corrected chi connectivity index (χ3v) is 4.34. The Morgan fingerprint density at radius 1 is 1.13 bits per heavy atom. The standard InChI is InChI=1S/C17H12ClIN2O2/c18-11-1-6-15-14(9-11)16(22)7-8-21(15)10-17(23)20-13-4-2-12(19)3-5-13/h1-9H,10H2,(H,20,23). The molecule has 1 amide bonds. The predicted octanol–water partition coefficient (Wildman–Crippen LogP) is 3.90. The van der Waals surface area contributed by atoms with Crippen molar-refractivity contribution in [3.8, 4) is 0 Å². The zero-order valence-corrected chi connectivity index (χ0v) is 14.8. The fraction of sp³-hybridized carbons (Fsp3) is 0.0588. The van der Waals surface area contributed by atoms with Crippen LogP contribution >= 0.6 is 34.2 Å². The molecule has 0 saturated heterocycles. The second-order valence-corrected chi connectivity index (χ2v) is 6.71. The van der Waals surface area contributed by atoms with Crippen LogP contribution in [0.3, 0.4) is 0 Å². The molecule has 3 aromatic rings. The molecule has 6 heteroatoms. The van der Waals surface area contributed by atoms with Gasteiger partial charge in [-0.2, -0.15) is 0 Å². The molecule has 23 heavy (non-hydrogen) atoms. The van der Waals surface area contributed by atoms with Crippen molar-refractivity contribution >= 4 is 56.7 Å². The molecule has 0 saturated carbocycles. The van der Waals surface area contributed by atoms with Crippen LogP contribution in [0.25, 0.3) is 10.9 Å². The van der Waals surface area contributed by atoms with Gasteiger partial charge in [0.25, 0.3) is 0 Å². The topological polar surface area (TPSA) is 51.1 Å². The predicted molar refractivity (Wildman–Crippen MR) is 101 cm³/mol. The first-order valence-electron chi connectivity index (χ1n) is 6.87. The van der Waals surface area contributed by atoms with E-state index in [1.165, 1.54) is 6.07 Å². The maximum Gasteiger partial charge on any atom is 0.244 e. The molecule has 2 aromatic carbocycles. The summed E-state index contributed by atoms with van der Waals surface area (Å²) in [5.41, 5.74) is 1.31. The van der Waals surface area contributed by atoms with E-state index in [4.69, 9.17) is 11.6 Å². The lowest BCUT2D eigenvalue weighted by Crippen LogP contribution is -2.20. The maximum atomic E-state index is 12.2. The fourth-order valence-corrected chi connectivity index (χ4v) is 2.84. The molecule has 0 aliphatic carbocycles. The van der Waals surface area contributed by atoms with E-state index in [1.54, 1.807) is 29.0 Å². The molecule has 0 radical (unpaired) electrons. The first-order chi connectivity index (χ1) is 11.0. The molecule has 0 atom stereocenters. The van der Waals surface area contributed by atoms with Gasteiger partial charge in [-0.3, -0.25) is 9.59 Å². The summed E-state index contributed by atoms with van der Waals surface area (Å²) in [7, 11) is 0. The number of carbonyl (C=O) groups excluding carboxylic acids is 1. The van der Waals surface area contributed by atoms with Gasteiger partial charge >= 0.3 is 0 Å². The van der Waals surface area contributed by atoms with Crippen molar-refractivity contribution in [3.05, 3.63) is 73.5 Å². The van der Waals surface area contributed by atoms with Gasteiger partial charge in [-0.25, -0.2) is 0 Å². The summed E-state index contributed by atoms with van der Waals surface area (Å²) in [6.45, 7) is 0.115. The van der Waals surface area contributed by atoms with E-state index in [9.17, 15) is 9.59 Å². The number of anilines is 1. The van der Waals surface area contributed by atoms with Crippen LogP contribution in [-0.2, 0) is 11.3 Å². The van der Waals surface area contributed by atoms with Crippen molar-refractivity contribution in [1.29, 1.82) is 0 Å². The van der Waals surface area contributed by atoms with Crippen LogP contribution in [0, 0.1) is 3.57 Å². The average molecular weight is 439 g/mol. The second-order valence-electron chi connectivity index (χ2n) is 5.02. The molecule has 0 unspecified atom stereocenters. The lowest BCUT2D eigenvalue weighted by atomic mass is 10.2. The molecule has 3 rings (SSSR count). The van der Waals surface area contributed by atoms with Gasteiger partial charge in [-0.05, 0) is 65.1 Å². The highest BCUT2D eigenvalue weighted by Crippen LogP contribution is 2.17. The number of rotatable bonds is 3. The molecular formula is C17H12ClIN2O2. The van der Waals surface area contributed by atoms with Gasteiger partial charge in [0.05, 0.1) is 5.52 Å². The number of benzene rings is 2. The van der Waals surface area contributed by atoms with Crippen LogP contribution in [0.5, 0.6) is 0 Å². The number of halogens is 2. The summed E-state index contributed by atoms with van der Waals surface area (Å²) < 4.78 is 2.83. The smallest absolute Gasteiger partial charge is 0.244 e. The van der Waals surface area contributed by atoms with Crippen molar-refractivity contribution in [3.63, 3.8) is 0 Å². The third kappa shape index (κ3) is 3.73. The van der Waals surface area contributed by atoms with Gasteiger partial charge in [0.2, 0.25) is 5.91 Å². The van der Waals surface area contributed by atoms with E-state index < -0.39 is 0 Å². The number of hydrogen-bond donors (Lipinski definition) is 1. The highest BCUT2D eigenvalue weighted by Gasteiger charge is 2.08. The Bertz CT molecular complexity index is 935. The molecule has 1 N–H and O–H groups in total. The zero-order chi connectivity index (χ0) is 16.4. The Hall–Kier alpha value is -1.86. The number of carbonyl (C=O) groups is 1. The van der Waals surface area contributed by atoms with Crippen LogP contribution in [0.2, 0.25) is 5.02 Å². The molecule has 116 valence electrons. The van der Waals surface area contributed by atoms with Crippen molar-refractivity contribution in [1.82, 2.24) is 4.57 Å². The summed E-state index contributed by atoms with van der Waals surface area (Å²) in [6, 6.07) is 14.1. The fourth-order valence-electron chi connectivity index (χ4n) is 2.31. The minimum absolute atomic E-state index is 0.114. The molecule has 0 aliphatic rings. The van der Waals surface area contributed by atoms with Crippen molar-refractivity contribution < 1.29 is 4.79 Å². The SMILES string of the molecule is O=C(Cn1ccc(=O)c2cc(Cl)ccc21)Nc1ccc(I)cc1. The van der Waals surface area contributed by atoms with Gasteiger partial charge in [0.15, 0.2) is 5.43 Å². The Labute approximate surface area is 151 Å². The number of nitrogens with zero attached hydrogens (tertiary/aromatic N) is 1. The Morgan fingerprint density at radius 2 is 1.87 bits per heavy atom. The van der Waals surface area contributed by atoms with E-state index in [0.717, 1.165) is 9.26 Å². The molecule has 1 aromatic heterocycles. The van der Waals surface area contributed by atoms with E-state index in [2.05, 4.69) is 27.9 Å². The molecule has 0 bridgehead atoms. The lowest BCUT2D eigenvalue weighted by molar-refractivity contribution is -0.116. The summed E-state index contributed by atoms with van der Waals surface area (Å²) in [6.07, 6.45) is 1.62. The quantitative estimate of drug-likeness (QED) is 0.631. The monoisotopic (exact) mass is 438 g/mol. The Morgan fingerprint density at radius 3 is 2.61 bits per heavy atom. The first-order valence-corrected chi connectivity index (χ1v) is 8.33. The number of hydrogen-bond acceptors (Lipinski definition) is 2. The van der Waals surface area contributed by atoms with Gasteiger partial charge in [-0.1, -0.05) is 11.6 Å². The summed E-state index contributed by atoms with van der Waals surface area (Å²) in [4.78, 5) is 24.1. The molecule has 0 spiro atoms.